The molecule has 0 saturated carbocycles. The SMILES string of the molecule is CCCCCCCCCCCCCCC(O)C(CO)NC(=O)CCCCCCCCCCCCCCCCCCCCCOC(=O)CCCCCCCCCCCCC. The summed E-state index contributed by atoms with van der Waals surface area (Å²) >= 11 is 0. The number of carbonyl (C=O) groups is 2. The van der Waals surface area contributed by atoms with Gasteiger partial charge in [-0.3, -0.25) is 9.59 Å². The van der Waals surface area contributed by atoms with Gasteiger partial charge in [-0.2, -0.15) is 0 Å². The van der Waals surface area contributed by atoms with E-state index in [0.717, 1.165) is 38.5 Å². The molecule has 1 amide bonds. The Hall–Kier alpha value is -1.14. The van der Waals surface area contributed by atoms with Crippen molar-refractivity contribution in [1.82, 2.24) is 5.32 Å². The van der Waals surface area contributed by atoms with Crippen LogP contribution in [0.1, 0.15) is 303 Å². The second-order valence-corrected chi connectivity index (χ2v) is 18.6. The molecule has 0 spiro atoms. The molecule has 0 aromatic heterocycles. The Balaban J connectivity index is 3.38. The molecule has 0 heterocycles. The van der Waals surface area contributed by atoms with Crippen LogP contribution in [0.5, 0.6) is 0 Å². The number of nitrogens with one attached hydrogen (secondary N) is 1. The molecule has 6 heteroatoms. The van der Waals surface area contributed by atoms with Crippen molar-refractivity contribution in [2.24, 2.45) is 0 Å². The van der Waals surface area contributed by atoms with Crippen LogP contribution in [0.4, 0.5) is 0 Å². The third kappa shape index (κ3) is 46.2. The first-order valence-electron chi connectivity index (χ1n) is 26.8. The molecule has 0 bridgehead atoms. The Morgan fingerprint density at radius 2 is 0.695 bits per heavy atom. The van der Waals surface area contributed by atoms with E-state index < -0.39 is 12.1 Å². The summed E-state index contributed by atoms with van der Waals surface area (Å²) < 4.78 is 5.46. The van der Waals surface area contributed by atoms with E-state index in [1.54, 1.807) is 0 Å². The van der Waals surface area contributed by atoms with Gasteiger partial charge >= 0.3 is 5.97 Å². The maximum absolute atomic E-state index is 12.4. The number of amides is 1. The fourth-order valence-electron chi connectivity index (χ4n) is 8.52. The van der Waals surface area contributed by atoms with Gasteiger partial charge in [0.1, 0.15) is 0 Å². The summed E-state index contributed by atoms with van der Waals surface area (Å²) in [6.45, 7) is 4.95. The summed E-state index contributed by atoms with van der Waals surface area (Å²) in [6, 6.07) is -0.541. The molecule has 2 unspecified atom stereocenters. The van der Waals surface area contributed by atoms with E-state index in [4.69, 9.17) is 4.74 Å². The van der Waals surface area contributed by atoms with Gasteiger partial charge in [0.2, 0.25) is 5.91 Å². The second-order valence-electron chi connectivity index (χ2n) is 18.6. The first-order chi connectivity index (χ1) is 29.0. The monoisotopic (exact) mass is 836 g/mol. The molecule has 0 rings (SSSR count). The second kappa shape index (κ2) is 49.5. The lowest BCUT2D eigenvalue weighted by atomic mass is 10.0. The molecule has 0 aliphatic carbocycles. The number of hydrogen-bond donors (Lipinski definition) is 3. The molecule has 0 aliphatic heterocycles. The number of esters is 1. The van der Waals surface area contributed by atoms with Crippen molar-refractivity contribution in [2.75, 3.05) is 13.2 Å². The van der Waals surface area contributed by atoms with E-state index in [1.807, 2.05) is 0 Å². The summed E-state index contributed by atoms with van der Waals surface area (Å²) in [7, 11) is 0. The molecule has 0 aliphatic rings. The van der Waals surface area contributed by atoms with Crippen LogP contribution in [0.2, 0.25) is 0 Å². The minimum Gasteiger partial charge on any atom is -0.466 e. The number of unbranched alkanes of at least 4 members (excludes halogenated alkanes) is 39. The normalized spacial score (nSPS) is 12.5. The Morgan fingerprint density at radius 3 is 1.03 bits per heavy atom. The Morgan fingerprint density at radius 1 is 0.407 bits per heavy atom. The standard InChI is InChI=1S/C53H105NO5/c1-3-5-7-9-11-13-15-26-29-33-37-41-45-51(56)50(49-55)54-52(57)46-42-38-34-30-27-23-21-19-17-16-18-20-22-24-28-32-36-40-44-48-59-53(58)47-43-39-35-31-25-14-12-10-8-6-4-2/h50-51,55-56H,3-49H2,1-2H3,(H,54,57). The van der Waals surface area contributed by atoms with Gasteiger partial charge < -0.3 is 20.3 Å². The number of rotatable bonds is 50. The smallest absolute Gasteiger partial charge is 0.305 e. The van der Waals surface area contributed by atoms with Crippen molar-refractivity contribution >= 4 is 11.9 Å². The summed E-state index contributed by atoms with van der Waals surface area (Å²) in [6.07, 6.45) is 55.1. The molecule has 2 atom stereocenters. The van der Waals surface area contributed by atoms with Gasteiger partial charge in [-0.1, -0.05) is 264 Å². The van der Waals surface area contributed by atoms with Crippen LogP contribution in [-0.2, 0) is 14.3 Å². The molecular formula is C53H105NO5. The van der Waals surface area contributed by atoms with E-state index >= 15 is 0 Å². The zero-order chi connectivity index (χ0) is 43.0. The first-order valence-corrected chi connectivity index (χ1v) is 26.8. The highest BCUT2D eigenvalue weighted by Gasteiger charge is 2.20. The maximum atomic E-state index is 12.4. The zero-order valence-electron chi connectivity index (χ0n) is 40.0. The van der Waals surface area contributed by atoms with E-state index in [2.05, 4.69) is 19.2 Å². The van der Waals surface area contributed by atoms with Crippen molar-refractivity contribution < 1.29 is 24.5 Å². The van der Waals surface area contributed by atoms with Crippen LogP contribution >= 0.6 is 0 Å². The quantitative estimate of drug-likeness (QED) is 0.0419. The summed E-state index contributed by atoms with van der Waals surface area (Å²) in [5.74, 6) is -0.0278. The molecule has 0 saturated heterocycles. The van der Waals surface area contributed by atoms with Crippen LogP contribution in [0.15, 0.2) is 0 Å². The van der Waals surface area contributed by atoms with Crippen LogP contribution in [0.25, 0.3) is 0 Å². The van der Waals surface area contributed by atoms with E-state index in [-0.39, 0.29) is 18.5 Å². The molecule has 59 heavy (non-hydrogen) atoms. The number of hydrogen-bond acceptors (Lipinski definition) is 5. The van der Waals surface area contributed by atoms with Crippen molar-refractivity contribution in [2.45, 2.75) is 315 Å². The van der Waals surface area contributed by atoms with Gasteiger partial charge in [-0.15, -0.1) is 0 Å². The summed E-state index contributed by atoms with van der Waals surface area (Å²) in [5, 5.41) is 23.2. The summed E-state index contributed by atoms with van der Waals surface area (Å²) in [4.78, 5) is 24.4. The van der Waals surface area contributed by atoms with Gasteiger partial charge in [-0.05, 0) is 25.7 Å². The lowest BCUT2D eigenvalue weighted by Gasteiger charge is -2.22. The molecule has 0 fully saturated rings. The third-order valence-electron chi connectivity index (χ3n) is 12.7. The topological polar surface area (TPSA) is 95.9 Å². The molecule has 0 radical (unpaired) electrons. The molecule has 0 aromatic carbocycles. The van der Waals surface area contributed by atoms with E-state index in [9.17, 15) is 19.8 Å². The highest BCUT2D eigenvalue weighted by Crippen LogP contribution is 2.17. The van der Waals surface area contributed by atoms with Crippen LogP contribution < -0.4 is 5.32 Å². The Bertz CT molecular complexity index is 837. The van der Waals surface area contributed by atoms with Crippen molar-refractivity contribution in [3.63, 3.8) is 0 Å². The van der Waals surface area contributed by atoms with Gasteiger partial charge in [-0.25, -0.2) is 0 Å². The molecule has 0 aromatic rings. The van der Waals surface area contributed by atoms with Crippen LogP contribution in [0.3, 0.4) is 0 Å². The van der Waals surface area contributed by atoms with Crippen LogP contribution in [-0.4, -0.2) is 47.4 Å². The molecule has 352 valence electrons. The number of carbonyl (C=O) groups excluding carboxylic acids is 2. The van der Waals surface area contributed by atoms with E-state index in [1.165, 1.54) is 231 Å². The Kier molecular flexibility index (Phi) is 48.6. The maximum Gasteiger partial charge on any atom is 0.305 e. The highest BCUT2D eigenvalue weighted by atomic mass is 16.5. The minimum atomic E-state index is -0.663. The zero-order valence-corrected chi connectivity index (χ0v) is 40.0. The number of aliphatic hydroxyl groups is 2. The first kappa shape index (κ1) is 57.9. The van der Waals surface area contributed by atoms with Crippen LogP contribution in [0, 0.1) is 0 Å². The fraction of sp³-hybridized carbons (Fsp3) is 0.962. The number of aliphatic hydroxyl groups excluding tert-OH is 2. The molecule has 3 N–H and O–H groups in total. The average Bonchev–Trinajstić information content (AvgIpc) is 3.24. The Labute approximate surface area is 368 Å². The predicted octanol–water partition coefficient (Wildman–Crippen LogP) is 16.0. The minimum absolute atomic E-state index is 0.00918. The van der Waals surface area contributed by atoms with Gasteiger partial charge in [0.05, 0.1) is 25.4 Å². The predicted molar refractivity (Wildman–Crippen MR) is 255 cm³/mol. The average molecular weight is 836 g/mol. The highest BCUT2D eigenvalue weighted by molar-refractivity contribution is 5.76. The van der Waals surface area contributed by atoms with Gasteiger partial charge in [0, 0.05) is 12.8 Å². The van der Waals surface area contributed by atoms with Gasteiger partial charge in [0.15, 0.2) is 0 Å². The van der Waals surface area contributed by atoms with Gasteiger partial charge in [0.25, 0.3) is 0 Å². The van der Waals surface area contributed by atoms with Crippen molar-refractivity contribution in [3.05, 3.63) is 0 Å². The molecular weight excluding hydrogens is 731 g/mol. The van der Waals surface area contributed by atoms with Crippen molar-refractivity contribution in [1.29, 1.82) is 0 Å². The molecule has 6 nitrogen and oxygen atoms in total. The van der Waals surface area contributed by atoms with Crippen molar-refractivity contribution in [3.8, 4) is 0 Å². The third-order valence-corrected chi connectivity index (χ3v) is 12.7. The lowest BCUT2D eigenvalue weighted by molar-refractivity contribution is -0.143. The summed E-state index contributed by atoms with van der Waals surface area (Å²) in [5.41, 5.74) is 0. The number of ether oxygens (including phenoxy) is 1. The largest absolute Gasteiger partial charge is 0.466 e. The fourth-order valence-corrected chi connectivity index (χ4v) is 8.52. The lowest BCUT2D eigenvalue weighted by Crippen LogP contribution is -2.45. The van der Waals surface area contributed by atoms with E-state index in [0.29, 0.717) is 25.9 Å².